The quantitative estimate of drug-likeness (QED) is 0.554. The lowest BCUT2D eigenvalue weighted by atomic mass is 9.85. The van der Waals surface area contributed by atoms with Gasteiger partial charge in [0, 0.05) is 54.4 Å². The number of hydrogen-bond acceptors (Lipinski definition) is 6. The number of fused-ring (bicyclic) bond motifs is 1. The van der Waals surface area contributed by atoms with Crippen LogP contribution in [0.4, 0.5) is 5.95 Å². The predicted molar refractivity (Wildman–Crippen MR) is 135 cm³/mol. The second-order valence-corrected chi connectivity index (χ2v) is 9.60. The third kappa shape index (κ3) is 5.06. The lowest BCUT2D eigenvalue weighted by Crippen LogP contribution is -2.38. The Kier molecular flexibility index (Phi) is 6.75. The van der Waals surface area contributed by atoms with Crippen molar-refractivity contribution in [1.82, 2.24) is 19.4 Å². The van der Waals surface area contributed by atoms with Crippen LogP contribution in [0.1, 0.15) is 37.7 Å². The second kappa shape index (κ2) is 9.93. The molecule has 2 aromatic heterocycles. The van der Waals surface area contributed by atoms with E-state index in [1.807, 2.05) is 6.07 Å². The van der Waals surface area contributed by atoms with Crippen LogP contribution >= 0.6 is 11.6 Å². The first-order valence-electron chi connectivity index (χ1n) is 12.0. The monoisotopic (exact) mass is 479 g/mol. The summed E-state index contributed by atoms with van der Waals surface area (Å²) in [5.74, 6) is 6.55. The number of hydrogen-bond donors (Lipinski definition) is 2. The standard InChI is InChI=1S/C26H30ClN5O2/c27-22-17-29-25(28)30-24(22)21-18-32(11-10-31-12-14-34-15-13-31)23-5-4-19(16-20(21)23)6-9-26(33)7-2-1-3-8-26/h4-5,16-18,33H,1-3,7-8,10-15H2,(H2,28,29,30). The van der Waals surface area contributed by atoms with E-state index in [0.717, 1.165) is 87.1 Å². The molecule has 7 nitrogen and oxygen atoms in total. The molecular weight excluding hydrogens is 450 g/mol. The minimum absolute atomic E-state index is 0.184. The van der Waals surface area contributed by atoms with Gasteiger partial charge in [0.15, 0.2) is 0 Å². The zero-order valence-corrected chi connectivity index (χ0v) is 20.0. The first kappa shape index (κ1) is 23.1. The molecule has 1 aliphatic heterocycles. The topological polar surface area (TPSA) is 89.4 Å². The summed E-state index contributed by atoms with van der Waals surface area (Å²) in [6.07, 6.45) is 8.31. The molecule has 0 amide bonds. The molecule has 34 heavy (non-hydrogen) atoms. The smallest absolute Gasteiger partial charge is 0.220 e. The van der Waals surface area contributed by atoms with E-state index in [0.29, 0.717) is 10.7 Å². The van der Waals surface area contributed by atoms with Crippen LogP contribution in [0.5, 0.6) is 0 Å². The van der Waals surface area contributed by atoms with Gasteiger partial charge in [0.1, 0.15) is 5.60 Å². The van der Waals surface area contributed by atoms with Gasteiger partial charge in [-0.05, 0) is 43.9 Å². The average Bonchev–Trinajstić information content (AvgIpc) is 3.22. The van der Waals surface area contributed by atoms with E-state index < -0.39 is 5.60 Å². The number of anilines is 1. The lowest BCUT2D eigenvalue weighted by molar-refractivity contribution is 0.0365. The summed E-state index contributed by atoms with van der Waals surface area (Å²) < 4.78 is 7.71. The van der Waals surface area contributed by atoms with Crippen LogP contribution in [0.2, 0.25) is 5.02 Å². The number of aromatic nitrogens is 3. The van der Waals surface area contributed by atoms with Crippen LogP contribution in [-0.2, 0) is 11.3 Å². The van der Waals surface area contributed by atoms with E-state index >= 15 is 0 Å². The van der Waals surface area contributed by atoms with E-state index in [4.69, 9.17) is 22.1 Å². The number of nitrogens with zero attached hydrogens (tertiary/aromatic N) is 4. The Morgan fingerprint density at radius 1 is 1.15 bits per heavy atom. The highest BCUT2D eigenvalue weighted by Gasteiger charge is 2.26. The molecule has 2 fully saturated rings. The molecule has 1 saturated carbocycles. The summed E-state index contributed by atoms with van der Waals surface area (Å²) in [4.78, 5) is 10.9. The van der Waals surface area contributed by atoms with Gasteiger partial charge >= 0.3 is 0 Å². The molecule has 178 valence electrons. The molecule has 0 unspecified atom stereocenters. The van der Waals surface area contributed by atoms with Crippen LogP contribution < -0.4 is 5.73 Å². The molecule has 3 heterocycles. The Morgan fingerprint density at radius 2 is 1.94 bits per heavy atom. The van der Waals surface area contributed by atoms with Gasteiger partial charge in [-0.15, -0.1) is 0 Å². The fraction of sp³-hybridized carbons (Fsp3) is 0.462. The molecule has 0 bridgehead atoms. The third-order valence-electron chi connectivity index (χ3n) is 6.78. The van der Waals surface area contributed by atoms with Crippen LogP contribution in [0.15, 0.2) is 30.6 Å². The molecule has 3 N–H and O–H groups in total. The van der Waals surface area contributed by atoms with Crippen LogP contribution in [0, 0.1) is 11.8 Å². The Balaban J connectivity index is 1.52. The third-order valence-corrected chi connectivity index (χ3v) is 7.06. The maximum atomic E-state index is 10.8. The summed E-state index contributed by atoms with van der Waals surface area (Å²) >= 11 is 6.49. The Morgan fingerprint density at radius 3 is 2.74 bits per heavy atom. The molecule has 1 aliphatic carbocycles. The van der Waals surface area contributed by atoms with E-state index in [1.165, 1.54) is 6.42 Å². The molecule has 3 aromatic rings. The summed E-state index contributed by atoms with van der Waals surface area (Å²) in [6.45, 7) is 5.22. The molecule has 2 aliphatic rings. The average molecular weight is 480 g/mol. The van der Waals surface area contributed by atoms with Gasteiger partial charge in [0.2, 0.25) is 5.95 Å². The van der Waals surface area contributed by atoms with Crippen molar-refractivity contribution in [3.8, 4) is 23.1 Å². The number of ether oxygens (including phenoxy) is 1. The Labute approximate surface area is 204 Å². The van der Waals surface area contributed by atoms with Crippen molar-refractivity contribution in [3.05, 3.63) is 41.2 Å². The maximum absolute atomic E-state index is 10.8. The number of rotatable bonds is 4. The number of nitrogen functional groups attached to an aromatic ring is 1. The largest absolute Gasteiger partial charge is 0.379 e. The summed E-state index contributed by atoms with van der Waals surface area (Å²) in [6, 6.07) is 6.17. The van der Waals surface area contributed by atoms with Gasteiger partial charge in [-0.25, -0.2) is 9.97 Å². The van der Waals surface area contributed by atoms with Crippen molar-refractivity contribution in [2.75, 3.05) is 38.6 Å². The minimum Gasteiger partial charge on any atom is -0.379 e. The molecular formula is C26H30ClN5O2. The van der Waals surface area contributed by atoms with Gasteiger partial charge < -0.3 is 20.1 Å². The van der Waals surface area contributed by atoms with Gasteiger partial charge in [0.05, 0.1) is 30.1 Å². The highest BCUT2D eigenvalue weighted by Crippen LogP contribution is 2.34. The van der Waals surface area contributed by atoms with Crippen LogP contribution in [0.25, 0.3) is 22.2 Å². The molecule has 1 saturated heterocycles. The first-order valence-corrected chi connectivity index (χ1v) is 12.4. The fourth-order valence-corrected chi connectivity index (χ4v) is 5.04. The fourth-order valence-electron chi connectivity index (χ4n) is 4.84. The molecule has 0 radical (unpaired) electrons. The SMILES string of the molecule is Nc1ncc(Cl)c(-c2cn(CCN3CCOCC3)c3ccc(C#CC4(O)CCCCC4)cc23)n1. The normalized spacial score (nSPS) is 18.5. The first-order chi connectivity index (χ1) is 16.5. The molecule has 8 heteroatoms. The highest BCUT2D eigenvalue weighted by molar-refractivity contribution is 6.33. The Bertz CT molecular complexity index is 1230. The zero-order valence-electron chi connectivity index (χ0n) is 19.3. The molecule has 5 rings (SSSR count). The van der Waals surface area contributed by atoms with Crippen molar-refractivity contribution in [1.29, 1.82) is 0 Å². The van der Waals surface area contributed by atoms with Gasteiger partial charge in [-0.1, -0.05) is 29.9 Å². The van der Waals surface area contributed by atoms with Crippen LogP contribution in [-0.4, -0.2) is 63.0 Å². The van der Waals surface area contributed by atoms with E-state index in [-0.39, 0.29) is 5.95 Å². The highest BCUT2D eigenvalue weighted by atomic mass is 35.5. The van der Waals surface area contributed by atoms with Gasteiger partial charge in [-0.3, -0.25) is 4.90 Å². The number of benzene rings is 1. The van der Waals surface area contributed by atoms with Gasteiger partial charge in [0.25, 0.3) is 0 Å². The second-order valence-electron chi connectivity index (χ2n) is 9.19. The molecule has 1 aromatic carbocycles. The molecule has 0 atom stereocenters. The molecule has 0 spiro atoms. The van der Waals surface area contributed by atoms with Crippen molar-refractivity contribution in [2.24, 2.45) is 0 Å². The van der Waals surface area contributed by atoms with E-state index in [9.17, 15) is 5.11 Å². The Hall–Kier alpha value is -2.63. The van der Waals surface area contributed by atoms with Crippen molar-refractivity contribution in [2.45, 2.75) is 44.2 Å². The number of halogens is 1. The predicted octanol–water partition coefficient (Wildman–Crippen LogP) is 3.71. The van der Waals surface area contributed by atoms with Gasteiger partial charge in [-0.2, -0.15) is 0 Å². The van der Waals surface area contributed by atoms with E-state index in [2.05, 4.69) is 49.6 Å². The number of aliphatic hydroxyl groups is 1. The summed E-state index contributed by atoms with van der Waals surface area (Å²) in [5.41, 5.74) is 8.46. The van der Waals surface area contributed by atoms with E-state index in [1.54, 1.807) is 6.20 Å². The number of nitrogens with two attached hydrogens (primary N) is 1. The zero-order chi connectivity index (χ0) is 23.5. The minimum atomic E-state index is -0.884. The van der Waals surface area contributed by atoms with Crippen LogP contribution in [0.3, 0.4) is 0 Å². The van der Waals surface area contributed by atoms with Crippen molar-refractivity contribution >= 4 is 28.5 Å². The van der Waals surface area contributed by atoms with Crippen molar-refractivity contribution in [3.63, 3.8) is 0 Å². The number of morpholine rings is 1. The maximum Gasteiger partial charge on any atom is 0.220 e. The summed E-state index contributed by atoms with van der Waals surface area (Å²) in [7, 11) is 0. The summed E-state index contributed by atoms with van der Waals surface area (Å²) in [5, 5.41) is 12.3. The van der Waals surface area contributed by atoms with Crippen molar-refractivity contribution < 1.29 is 9.84 Å². The lowest BCUT2D eigenvalue weighted by Gasteiger charge is -2.26.